The molecule has 1 fully saturated rings. The van der Waals surface area contributed by atoms with E-state index in [0.29, 0.717) is 18.0 Å². The van der Waals surface area contributed by atoms with Gasteiger partial charge in [-0.2, -0.15) is 0 Å². The Morgan fingerprint density at radius 1 is 1.14 bits per heavy atom. The Morgan fingerprint density at radius 2 is 1.86 bits per heavy atom. The normalized spacial score (nSPS) is 17.2. The van der Waals surface area contributed by atoms with Crippen LogP contribution in [0.15, 0.2) is 6.07 Å². The second kappa shape index (κ2) is 5.47. The van der Waals surface area contributed by atoms with Crippen molar-refractivity contribution in [2.75, 3.05) is 27.9 Å². The quantitative estimate of drug-likeness (QED) is 0.851. The smallest absolute Gasteiger partial charge is 0.225 e. The third kappa shape index (κ3) is 2.41. The van der Waals surface area contributed by atoms with E-state index in [9.17, 15) is 4.79 Å². The van der Waals surface area contributed by atoms with Gasteiger partial charge in [0, 0.05) is 24.6 Å². The number of rotatable bonds is 4. The number of ether oxygens (including phenoxy) is 3. The molecule has 21 heavy (non-hydrogen) atoms. The molecule has 2 aliphatic rings. The van der Waals surface area contributed by atoms with Gasteiger partial charge in [-0.05, 0) is 30.9 Å². The van der Waals surface area contributed by atoms with Gasteiger partial charge >= 0.3 is 0 Å². The minimum absolute atomic E-state index is 0.258. The molecule has 1 saturated carbocycles. The monoisotopic (exact) mass is 291 g/mol. The molecular formula is C16H21NO4. The van der Waals surface area contributed by atoms with E-state index in [0.717, 1.165) is 42.7 Å². The maximum absolute atomic E-state index is 12.2. The average Bonchev–Trinajstić information content (AvgIpc) is 3.36. The first-order valence-electron chi connectivity index (χ1n) is 7.29. The van der Waals surface area contributed by atoms with Gasteiger partial charge < -0.3 is 19.1 Å². The summed E-state index contributed by atoms with van der Waals surface area (Å²) in [6.07, 6.45) is 2.87. The fourth-order valence-electron chi connectivity index (χ4n) is 2.99. The maximum Gasteiger partial charge on any atom is 0.225 e. The Bertz CT molecular complexity index is 566. The zero-order valence-corrected chi connectivity index (χ0v) is 12.8. The van der Waals surface area contributed by atoms with Gasteiger partial charge in [-0.1, -0.05) is 0 Å². The molecule has 1 heterocycles. The van der Waals surface area contributed by atoms with Gasteiger partial charge in [0.25, 0.3) is 0 Å². The predicted octanol–water partition coefficient (Wildman–Crippen LogP) is 2.01. The summed E-state index contributed by atoms with van der Waals surface area (Å²) in [5.41, 5.74) is 2.21. The second-order valence-corrected chi connectivity index (χ2v) is 5.57. The third-order valence-corrected chi connectivity index (χ3v) is 4.26. The number of hydrogen-bond acceptors (Lipinski definition) is 4. The van der Waals surface area contributed by atoms with Crippen molar-refractivity contribution in [2.45, 2.75) is 25.8 Å². The van der Waals surface area contributed by atoms with Crippen LogP contribution >= 0.6 is 0 Å². The van der Waals surface area contributed by atoms with Crippen LogP contribution in [-0.4, -0.2) is 38.7 Å². The predicted molar refractivity (Wildman–Crippen MR) is 77.9 cm³/mol. The SMILES string of the molecule is COc1cc2c(c(OC)c1OC)CCN(C(=O)C1CC1)C2. The van der Waals surface area contributed by atoms with E-state index >= 15 is 0 Å². The summed E-state index contributed by atoms with van der Waals surface area (Å²) in [6, 6.07) is 1.96. The van der Waals surface area contributed by atoms with Crippen molar-refractivity contribution >= 4 is 5.91 Å². The van der Waals surface area contributed by atoms with E-state index < -0.39 is 0 Å². The largest absolute Gasteiger partial charge is 0.493 e. The molecule has 0 spiro atoms. The summed E-state index contributed by atoms with van der Waals surface area (Å²) in [4.78, 5) is 14.2. The van der Waals surface area contributed by atoms with Crippen LogP contribution in [-0.2, 0) is 17.8 Å². The highest BCUT2D eigenvalue weighted by Gasteiger charge is 2.35. The molecule has 0 N–H and O–H groups in total. The minimum atomic E-state index is 0.258. The van der Waals surface area contributed by atoms with E-state index in [4.69, 9.17) is 14.2 Å². The number of benzene rings is 1. The van der Waals surface area contributed by atoms with Crippen LogP contribution in [0, 0.1) is 5.92 Å². The highest BCUT2D eigenvalue weighted by molar-refractivity contribution is 5.81. The Hall–Kier alpha value is -1.91. The summed E-state index contributed by atoms with van der Waals surface area (Å²) in [7, 11) is 4.86. The summed E-state index contributed by atoms with van der Waals surface area (Å²) < 4.78 is 16.3. The topological polar surface area (TPSA) is 48.0 Å². The van der Waals surface area contributed by atoms with E-state index in [2.05, 4.69) is 0 Å². The third-order valence-electron chi connectivity index (χ3n) is 4.26. The Morgan fingerprint density at radius 3 is 2.43 bits per heavy atom. The van der Waals surface area contributed by atoms with Crippen LogP contribution < -0.4 is 14.2 Å². The van der Waals surface area contributed by atoms with Gasteiger partial charge in [-0.3, -0.25) is 4.79 Å². The van der Waals surface area contributed by atoms with Crippen molar-refractivity contribution in [2.24, 2.45) is 5.92 Å². The maximum atomic E-state index is 12.2. The van der Waals surface area contributed by atoms with E-state index in [1.807, 2.05) is 11.0 Å². The summed E-state index contributed by atoms with van der Waals surface area (Å²) in [5, 5.41) is 0. The molecule has 1 aliphatic carbocycles. The molecule has 114 valence electrons. The molecule has 1 aliphatic heterocycles. The Labute approximate surface area is 124 Å². The molecule has 5 nitrogen and oxygen atoms in total. The zero-order valence-electron chi connectivity index (χ0n) is 12.8. The van der Waals surface area contributed by atoms with Crippen molar-refractivity contribution in [3.8, 4) is 17.2 Å². The fourth-order valence-corrected chi connectivity index (χ4v) is 2.99. The van der Waals surface area contributed by atoms with Crippen LogP contribution in [0.25, 0.3) is 0 Å². The lowest BCUT2D eigenvalue weighted by atomic mass is 9.97. The van der Waals surface area contributed by atoms with Crippen molar-refractivity contribution in [1.82, 2.24) is 4.90 Å². The Kier molecular flexibility index (Phi) is 3.66. The van der Waals surface area contributed by atoms with Gasteiger partial charge in [0.15, 0.2) is 11.5 Å². The standard InChI is InChI=1S/C16H21NO4/c1-19-13-8-11-9-17(16(18)10-4-5-10)7-6-12(11)14(20-2)15(13)21-3/h8,10H,4-7,9H2,1-3H3. The van der Waals surface area contributed by atoms with Crippen molar-refractivity contribution in [1.29, 1.82) is 0 Å². The van der Waals surface area contributed by atoms with Crippen LogP contribution in [0.3, 0.4) is 0 Å². The first-order valence-corrected chi connectivity index (χ1v) is 7.29. The fraction of sp³-hybridized carbons (Fsp3) is 0.562. The van der Waals surface area contributed by atoms with E-state index in [1.165, 1.54) is 0 Å². The lowest BCUT2D eigenvalue weighted by Gasteiger charge is -2.31. The number of nitrogens with zero attached hydrogens (tertiary/aromatic N) is 1. The molecule has 1 amide bonds. The van der Waals surface area contributed by atoms with Crippen molar-refractivity contribution in [3.05, 3.63) is 17.2 Å². The molecule has 5 heteroatoms. The van der Waals surface area contributed by atoms with E-state index in [-0.39, 0.29) is 11.8 Å². The van der Waals surface area contributed by atoms with Crippen molar-refractivity contribution < 1.29 is 19.0 Å². The summed E-state index contributed by atoms with van der Waals surface area (Å²) in [5.74, 6) is 2.54. The van der Waals surface area contributed by atoms with Gasteiger partial charge in [-0.15, -0.1) is 0 Å². The van der Waals surface area contributed by atoms with Gasteiger partial charge in [-0.25, -0.2) is 0 Å². The number of hydrogen-bond donors (Lipinski definition) is 0. The van der Waals surface area contributed by atoms with Gasteiger partial charge in [0.1, 0.15) is 0 Å². The number of methoxy groups -OCH3 is 3. The first-order chi connectivity index (χ1) is 10.2. The highest BCUT2D eigenvalue weighted by atomic mass is 16.5. The molecule has 0 bridgehead atoms. The lowest BCUT2D eigenvalue weighted by Crippen LogP contribution is -2.37. The molecular weight excluding hydrogens is 270 g/mol. The van der Waals surface area contributed by atoms with Crippen LogP contribution in [0.1, 0.15) is 24.0 Å². The minimum Gasteiger partial charge on any atom is -0.493 e. The lowest BCUT2D eigenvalue weighted by molar-refractivity contribution is -0.133. The average molecular weight is 291 g/mol. The number of carbonyl (C=O) groups is 1. The molecule has 1 aromatic carbocycles. The van der Waals surface area contributed by atoms with Crippen LogP contribution in [0.2, 0.25) is 0 Å². The Balaban J connectivity index is 1.96. The highest BCUT2D eigenvalue weighted by Crippen LogP contribution is 2.44. The van der Waals surface area contributed by atoms with Gasteiger partial charge in [0.05, 0.1) is 21.3 Å². The number of fused-ring (bicyclic) bond motifs is 1. The molecule has 0 radical (unpaired) electrons. The van der Waals surface area contributed by atoms with Gasteiger partial charge in [0.2, 0.25) is 11.7 Å². The first kappa shape index (κ1) is 14.0. The zero-order chi connectivity index (χ0) is 15.0. The van der Waals surface area contributed by atoms with E-state index in [1.54, 1.807) is 21.3 Å². The molecule has 0 atom stereocenters. The second-order valence-electron chi connectivity index (χ2n) is 5.57. The molecule has 0 unspecified atom stereocenters. The molecule has 0 saturated heterocycles. The van der Waals surface area contributed by atoms with Crippen LogP contribution in [0.4, 0.5) is 0 Å². The number of carbonyl (C=O) groups excluding carboxylic acids is 1. The van der Waals surface area contributed by atoms with Crippen molar-refractivity contribution in [3.63, 3.8) is 0 Å². The molecule has 0 aromatic heterocycles. The molecule has 1 aromatic rings. The van der Waals surface area contributed by atoms with Crippen LogP contribution in [0.5, 0.6) is 17.2 Å². The number of amides is 1. The summed E-state index contributed by atoms with van der Waals surface area (Å²) >= 11 is 0. The molecule has 3 rings (SSSR count). The summed E-state index contributed by atoms with van der Waals surface area (Å²) in [6.45, 7) is 1.37.